The van der Waals surface area contributed by atoms with E-state index in [1.54, 1.807) is 19.2 Å². The van der Waals surface area contributed by atoms with Crippen LogP contribution in [-0.2, 0) is 10.0 Å². The predicted octanol–water partition coefficient (Wildman–Crippen LogP) is 1.47. The smallest absolute Gasteiger partial charge is 0.268 e. The van der Waals surface area contributed by atoms with Gasteiger partial charge in [0.05, 0.1) is 23.5 Å². The number of sulfonamides is 1. The zero-order chi connectivity index (χ0) is 23.3. The molecule has 9 nitrogen and oxygen atoms in total. The fourth-order valence-electron chi connectivity index (χ4n) is 5.08. The van der Waals surface area contributed by atoms with Gasteiger partial charge in [0.25, 0.3) is 5.56 Å². The standard InChI is InChI=1S/C22H29N5O4S/c1-5-15-12-16-13-23-21(24-17-8-10-26(14(2)11-17)32(4,30)31)25-19(16)27(20(15)28)18-7-6-9-22(18,3)29/h1,12-14,17-18,29H,6-11H2,2-4H3,(H,23,24,25)/t14?,17?,18-,22-/m1/s1. The molecule has 2 aromatic heterocycles. The molecule has 4 atom stereocenters. The molecule has 0 radical (unpaired) electrons. The Labute approximate surface area is 187 Å². The summed E-state index contributed by atoms with van der Waals surface area (Å²) in [6.07, 6.45) is 11.7. The summed E-state index contributed by atoms with van der Waals surface area (Å²) in [6, 6.07) is 1.04. The van der Waals surface area contributed by atoms with E-state index in [4.69, 9.17) is 6.42 Å². The summed E-state index contributed by atoms with van der Waals surface area (Å²) in [5, 5.41) is 14.8. The van der Waals surface area contributed by atoms with E-state index in [9.17, 15) is 18.3 Å². The number of anilines is 1. The second-order valence-electron chi connectivity index (χ2n) is 9.20. The van der Waals surface area contributed by atoms with Gasteiger partial charge >= 0.3 is 0 Å². The van der Waals surface area contributed by atoms with Gasteiger partial charge in [-0.1, -0.05) is 5.92 Å². The molecule has 32 heavy (non-hydrogen) atoms. The molecule has 1 aliphatic heterocycles. The molecule has 1 saturated heterocycles. The van der Waals surface area contributed by atoms with Crippen LogP contribution in [0.3, 0.4) is 0 Å². The number of terminal acetylenes is 1. The van der Waals surface area contributed by atoms with Gasteiger partial charge in [0.15, 0.2) is 0 Å². The third-order valence-corrected chi connectivity index (χ3v) is 8.09. The average Bonchev–Trinajstić information content (AvgIpc) is 3.05. The third kappa shape index (κ3) is 4.12. The molecule has 2 aliphatic rings. The van der Waals surface area contributed by atoms with Crippen LogP contribution in [0.5, 0.6) is 0 Å². The SMILES string of the molecule is C#Cc1cc2cnc(NC3CCN(S(C)(=O)=O)C(C)C3)nc2n([C@@H]2CCC[C@@]2(C)O)c1=O. The summed E-state index contributed by atoms with van der Waals surface area (Å²) in [6.45, 7) is 4.05. The molecule has 0 amide bonds. The average molecular weight is 460 g/mol. The maximum Gasteiger partial charge on any atom is 0.268 e. The van der Waals surface area contributed by atoms with Gasteiger partial charge in [-0.25, -0.2) is 13.4 Å². The van der Waals surface area contributed by atoms with Gasteiger partial charge in [0.2, 0.25) is 16.0 Å². The Balaban J connectivity index is 1.69. The number of nitrogens with zero attached hydrogens (tertiary/aromatic N) is 4. The van der Waals surface area contributed by atoms with Gasteiger partial charge in [-0.15, -0.1) is 6.42 Å². The van der Waals surface area contributed by atoms with Crippen LogP contribution in [0, 0.1) is 12.3 Å². The summed E-state index contributed by atoms with van der Waals surface area (Å²) in [7, 11) is -3.24. The highest BCUT2D eigenvalue weighted by atomic mass is 32.2. The highest BCUT2D eigenvalue weighted by molar-refractivity contribution is 7.88. The maximum absolute atomic E-state index is 13.1. The van der Waals surface area contributed by atoms with Crippen LogP contribution in [0.2, 0.25) is 0 Å². The molecule has 1 saturated carbocycles. The molecular weight excluding hydrogens is 430 g/mol. The Morgan fingerprint density at radius 3 is 2.72 bits per heavy atom. The normalized spacial score (nSPS) is 29.2. The van der Waals surface area contributed by atoms with E-state index in [0.29, 0.717) is 49.2 Å². The number of nitrogens with one attached hydrogen (secondary N) is 1. The highest BCUT2D eigenvalue weighted by Crippen LogP contribution is 2.39. The van der Waals surface area contributed by atoms with Gasteiger partial charge < -0.3 is 10.4 Å². The van der Waals surface area contributed by atoms with Crippen LogP contribution >= 0.6 is 0 Å². The van der Waals surface area contributed by atoms with E-state index in [1.807, 2.05) is 6.92 Å². The number of aromatic nitrogens is 3. The molecule has 10 heteroatoms. The summed E-state index contributed by atoms with van der Waals surface area (Å²) in [5.41, 5.74) is -0.727. The number of piperidine rings is 1. The molecule has 2 unspecified atom stereocenters. The van der Waals surface area contributed by atoms with E-state index in [-0.39, 0.29) is 23.2 Å². The lowest BCUT2D eigenvalue weighted by Gasteiger charge is -2.36. The Morgan fingerprint density at radius 1 is 1.38 bits per heavy atom. The number of aliphatic hydroxyl groups is 1. The first-order valence-electron chi connectivity index (χ1n) is 10.9. The van der Waals surface area contributed by atoms with Crippen molar-refractivity contribution in [3.63, 3.8) is 0 Å². The zero-order valence-corrected chi connectivity index (χ0v) is 19.4. The lowest BCUT2D eigenvalue weighted by Crippen LogP contribution is -2.47. The van der Waals surface area contributed by atoms with Crippen LogP contribution in [-0.4, -0.2) is 62.8 Å². The van der Waals surface area contributed by atoms with Crippen LogP contribution in [0.15, 0.2) is 17.1 Å². The predicted molar refractivity (Wildman–Crippen MR) is 123 cm³/mol. The van der Waals surface area contributed by atoms with Crippen LogP contribution in [0.25, 0.3) is 11.0 Å². The van der Waals surface area contributed by atoms with E-state index >= 15 is 0 Å². The van der Waals surface area contributed by atoms with E-state index < -0.39 is 21.7 Å². The molecule has 0 spiro atoms. The van der Waals surface area contributed by atoms with Crippen molar-refractivity contribution >= 4 is 27.0 Å². The first kappa shape index (κ1) is 22.7. The minimum atomic E-state index is -3.24. The number of rotatable bonds is 4. The van der Waals surface area contributed by atoms with Gasteiger partial charge in [-0.05, 0) is 52.0 Å². The lowest BCUT2D eigenvalue weighted by atomic mass is 9.99. The first-order valence-corrected chi connectivity index (χ1v) is 12.7. The van der Waals surface area contributed by atoms with Crippen molar-refractivity contribution in [2.24, 2.45) is 0 Å². The Hall–Kier alpha value is -2.48. The van der Waals surface area contributed by atoms with Crippen molar-refractivity contribution in [1.29, 1.82) is 0 Å². The van der Waals surface area contributed by atoms with Crippen molar-refractivity contribution in [3.05, 3.63) is 28.2 Å². The number of pyridine rings is 1. The molecular formula is C22H29N5O4S. The minimum absolute atomic E-state index is 0.000178. The van der Waals surface area contributed by atoms with Crippen molar-refractivity contribution < 1.29 is 13.5 Å². The van der Waals surface area contributed by atoms with E-state index in [2.05, 4.69) is 21.2 Å². The molecule has 0 aromatic carbocycles. The number of fused-ring (bicyclic) bond motifs is 1. The fraction of sp³-hybridized carbons (Fsp3) is 0.591. The quantitative estimate of drug-likeness (QED) is 0.665. The largest absolute Gasteiger partial charge is 0.388 e. The molecule has 2 aromatic rings. The Morgan fingerprint density at radius 2 is 2.12 bits per heavy atom. The topological polar surface area (TPSA) is 117 Å². The summed E-state index contributed by atoms with van der Waals surface area (Å²) < 4.78 is 26.9. The van der Waals surface area contributed by atoms with Gasteiger partial charge in [-0.2, -0.15) is 9.29 Å². The van der Waals surface area contributed by atoms with E-state index in [1.165, 1.54) is 15.1 Å². The number of hydrogen-bond acceptors (Lipinski definition) is 7. The van der Waals surface area contributed by atoms with Crippen molar-refractivity contribution in [3.8, 4) is 12.3 Å². The number of hydrogen-bond donors (Lipinski definition) is 2. The van der Waals surface area contributed by atoms with Crippen molar-refractivity contribution in [1.82, 2.24) is 18.8 Å². The highest BCUT2D eigenvalue weighted by Gasteiger charge is 2.40. The summed E-state index contributed by atoms with van der Waals surface area (Å²) in [4.78, 5) is 22.2. The van der Waals surface area contributed by atoms with Crippen LogP contribution in [0.1, 0.15) is 57.6 Å². The molecule has 172 valence electrons. The van der Waals surface area contributed by atoms with Gasteiger partial charge in [0, 0.05) is 30.2 Å². The second-order valence-corrected chi connectivity index (χ2v) is 11.1. The molecule has 4 rings (SSSR count). The summed E-state index contributed by atoms with van der Waals surface area (Å²) >= 11 is 0. The second kappa shape index (κ2) is 8.14. The first-order chi connectivity index (χ1) is 15.0. The summed E-state index contributed by atoms with van der Waals surface area (Å²) in [5.74, 6) is 2.80. The monoisotopic (exact) mass is 459 g/mol. The maximum atomic E-state index is 13.1. The van der Waals surface area contributed by atoms with Crippen LogP contribution < -0.4 is 10.9 Å². The molecule has 3 heterocycles. The Kier molecular flexibility index (Phi) is 5.77. The molecule has 2 fully saturated rings. The van der Waals surface area contributed by atoms with E-state index in [0.717, 1.165) is 6.42 Å². The van der Waals surface area contributed by atoms with Crippen LogP contribution in [0.4, 0.5) is 5.95 Å². The molecule has 0 bridgehead atoms. The molecule has 1 aliphatic carbocycles. The Bertz CT molecular complexity index is 1250. The van der Waals surface area contributed by atoms with Gasteiger partial charge in [-0.3, -0.25) is 9.36 Å². The molecule has 2 N–H and O–H groups in total. The van der Waals surface area contributed by atoms with Crippen molar-refractivity contribution in [2.75, 3.05) is 18.1 Å². The zero-order valence-electron chi connectivity index (χ0n) is 18.6. The lowest BCUT2D eigenvalue weighted by molar-refractivity contribution is 0.0266. The van der Waals surface area contributed by atoms with Gasteiger partial charge in [0.1, 0.15) is 5.65 Å². The fourth-order valence-corrected chi connectivity index (χ4v) is 6.25. The third-order valence-electron chi connectivity index (χ3n) is 6.69. The van der Waals surface area contributed by atoms with Crippen molar-refractivity contribution in [2.45, 2.75) is 69.7 Å². The minimum Gasteiger partial charge on any atom is -0.388 e.